The van der Waals surface area contributed by atoms with Crippen molar-refractivity contribution in [2.45, 2.75) is 11.9 Å². The second-order valence-corrected chi connectivity index (χ2v) is 8.01. The number of anilines is 2. The van der Waals surface area contributed by atoms with E-state index in [0.29, 0.717) is 0 Å². The Morgan fingerprint density at radius 1 is 1.09 bits per heavy atom. The molecule has 1 aromatic carbocycles. The largest absolute Gasteiger partial charge is 0.332 e. The topological polar surface area (TPSA) is 72.0 Å². The van der Waals surface area contributed by atoms with Gasteiger partial charge in [-0.15, -0.1) is 11.3 Å². The van der Waals surface area contributed by atoms with E-state index in [4.69, 9.17) is 0 Å². The molecule has 3 rings (SSSR count). The van der Waals surface area contributed by atoms with E-state index in [-0.39, 0.29) is 5.03 Å². The van der Waals surface area contributed by atoms with Crippen molar-refractivity contribution in [3.63, 3.8) is 0 Å². The minimum Gasteiger partial charge on any atom is -0.332 e. The van der Waals surface area contributed by atoms with E-state index in [1.807, 2.05) is 36.6 Å². The van der Waals surface area contributed by atoms with Crippen molar-refractivity contribution >= 4 is 32.0 Å². The Bertz CT molecular complexity index is 915. The summed E-state index contributed by atoms with van der Waals surface area (Å²) in [6.45, 7) is 2.04. The molecule has 0 fully saturated rings. The number of pyridine rings is 1. The van der Waals surface area contributed by atoms with Gasteiger partial charge in [0.15, 0.2) is 20.0 Å². The monoisotopic (exact) mass is 345 g/mol. The van der Waals surface area contributed by atoms with Crippen molar-refractivity contribution in [2.24, 2.45) is 0 Å². The van der Waals surface area contributed by atoms with E-state index in [9.17, 15) is 8.42 Å². The molecule has 118 valence electrons. The lowest BCUT2D eigenvalue weighted by Gasteiger charge is -2.02. The summed E-state index contributed by atoms with van der Waals surface area (Å²) in [5.74, 6) is 0. The molecule has 2 aromatic heterocycles. The molecule has 0 bridgehead atoms. The number of nitrogens with zero attached hydrogens (tertiary/aromatic N) is 2. The van der Waals surface area contributed by atoms with E-state index >= 15 is 0 Å². The third-order valence-corrected chi connectivity index (χ3v) is 4.98. The second-order valence-electron chi connectivity index (χ2n) is 5.19. The zero-order valence-electron chi connectivity index (χ0n) is 12.6. The number of benzene rings is 1. The molecule has 0 atom stereocenters. The summed E-state index contributed by atoms with van der Waals surface area (Å²) in [4.78, 5) is 8.49. The minimum atomic E-state index is -3.28. The first-order valence-electron chi connectivity index (χ1n) is 6.87. The summed E-state index contributed by atoms with van der Waals surface area (Å²) in [5, 5.41) is 6.00. The molecule has 2 heterocycles. The van der Waals surface area contributed by atoms with Gasteiger partial charge < -0.3 is 5.32 Å². The van der Waals surface area contributed by atoms with Crippen LogP contribution in [0.5, 0.6) is 0 Å². The van der Waals surface area contributed by atoms with Crippen LogP contribution in [0, 0.1) is 6.92 Å². The molecule has 1 N–H and O–H groups in total. The SMILES string of the molecule is Cc1ccc(Nc2nc(-c3ccc(S(C)(=O)=O)nc3)cs2)cc1. The predicted molar refractivity (Wildman–Crippen MR) is 92.9 cm³/mol. The third-order valence-electron chi connectivity index (χ3n) is 3.22. The average molecular weight is 345 g/mol. The summed E-state index contributed by atoms with van der Waals surface area (Å²) in [7, 11) is -3.28. The summed E-state index contributed by atoms with van der Waals surface area (Å²) in [6.07, 6.45) is 2.67. The molecule has 0 aliphatic carbocycles. The summed E-state index contributed by atoms with van der Waals surface area (Å²) in [6, 6.07) is 11.3. The Labute approximate surface area is 139 Å². The number of aromatic nitrogens is 2. The van der Waals surface area contributed by atoms with Gasteiger partial charge in [-0.05, 0) is 31.2 Å². The van der Waals surface area contributed by atoms with Crippen LogP contribution in [0.4, 0.5) is 10.8 Å². The molecule has 0 aliphatic rings. The van der Waals surface area contributed by atoms with Gasteiger partial charge in [-0.1, -0.05) is 17.7 Å². The molecule has 0 radical (unpaired) electrons. The fraction of sp³-hybridized carbons (Fsp3) is 0.125. The zero-order chi connectivity index (χ0) is 16.4. The van der Waals surface area contributed by atoms with Crippen LogP contribution < -0.4 is 5.32 Å². The molecule has 0 aliphatic heterocycles. The number of sulfone groups is 1. The molecular formula is C16H15N3O2S2. The van der Waals surface area contributed by atoms with Crippen molar-refractivity contribution in [3.8, 4) is 11.3 Å². The molecule has 3 aromatic rings. The Morgan fingerprint density at radius 3 is 2.43 bits per heavy atom. The van der Waals surface area contributed by atoms with E-state index in [1.165, 1.54) is 29.2 Å². The Balaban J connectivity index is 1.80. The maximum absolute atomic E-state index is 11.4. The van der Waals surface area contributed by atoms with Gasteiger partial charge in [0.25, 0.3) is 0 Å². The highest BCUT2D eigenvalue weighted by Crippen LogP contribution is 2.27. The normalized spacial score (nSPS) is 11.4. The van der Waals surface area contributed by atoms with Gasteiger partial charge in [0.05, 0.1) is 5.69 Å². The van der Waals surface area contributed by atoms with Crippen LogP contribution in [0.25, 0.3) is 11.3 Å². The van der Waals surface area contributed by atoms with Gasteiger partial charge in [0, 0.05) is 29.1 Å². The van der Waals surface area contributed by atoms with E-state index < -0.39 is 9.84 Å². The van der Waals surface area contributed by atoms with E-state index in [1.54, 1.807) is 6.07 Å². The molecule has 0 saturated heterocycles. The van der Waals surface area contributed by atoms with Gasteiger partial charge in [0.2, 0.25) is 0 Å². The quantitative estimate of drug-likeness (QED) is 0.781. The summed E-state index contributed by atoms with van der Waals surface area (Å²) in [5.41, 5.74) is 3.72. The number of thiazole rings is 1. The van der Waals surface area contributed by atoms with E-state index in [0.717, 1.165) is 28.3 Å². The van der Waals surface area contributed by atoms with Crippen LogP contribution in [-0.4, -0.2) is 24.6 Å². The lowest BCUT2D eigenvalue weighted by Crippen LogP contribution is -1.99. The van der Waals surface area contributed by atoms with Gasteiger partial charge in [0.1, 0.15) is 0 Å². The van der Waals surface area contributed by atoms with Crippen LogP contribution in [0.15, 0.2) is 53.0 Å². The van der Waals surface area contributed by atoms with Crippen molar-refractivity contribution < 1.29 is 8.42 Å². The first-order chi connectivity index (χ1) is 10.9. The van der Waals surface area contributed by atoms with Crippen molar-refractivity contribution in [1.29, 1.82) is 0 Å². The molecule has 0 saturated carbocycles. The van der Waals surface area contributed by atoms with Gasteiger partial charge >= 0.3 is 0 Å². The highest BCUT2D eigenvalue weighted by Gasteiger charge is 2.10. The average Bonchev–Trinajstić information content (AvgIpc) is 2.97. The Morgan fingerprint density at radius 2 is 1.83 bits per heavy atom. The van der Waals surface area contributed by atoms with E-state index in [2.05, 4.69) is 15.3 Å². The molecule has 7 heteroatoms. The Hall–Kier alpha value is -2.25. The fourth-order valence-corrected chi connectivity index (χ4v) is 3.27. The molecule has 0 spiro atoms. The molecule has 0 unspecified atom stereocenters. The van der Waals surface area contributed by atoms with Crippen LogP contribution in [0.1, 0.15) is 5.56 Å². The summed E-state index contributed by atoms with van der Waals surface area (Å²) < 4.78 is 22.9. The number of nitrogens with one attached hydrogen (secondary N) is 1. The van der Waals surface area contributed by atoms with Crippen molar-refractivity contribution in [3.05, 3.63) is 53.5 Å². The van der Waals surface area contributed by atoms with Gasteiger partial charge in [-0.2, -0.15) is 0 Å². The van der Waals surface area contributed by atoms with Crippen LogP contribution >= 0.6 is 11.3 Å². The highest BCUT2D eigenvalue weighted by atomic mass is 32.2. The van der Waals surface area contributed by atoms with Crippen molar-refractivity contribution in [1.82, 2.24) is 9.97 Å². The Kier molecular flexibility index (Phi) is 4.14. The number of aryl methyl sites for hydroxylation is 1. The first kappa shape index (κ1) is 15.6. The van der Waals surface area contributed by atoms with Gasteiger partial charge in [-0.3, -0.25) is 0 Å². The maximum Gasteiger partial charge on any atom is 0.192 e. The maximum atomic E-state index is 11.4. The molecule has 0 amide bonds. The third kappa shape index (κ3) is 3.75. The number of rotatable bonds is 4. The number of hydrogen-bond donors (Lipinski definition) is 1. The summed E-state index contributed by atoms with van der Waals surface area (Å²) >= 11 is 1.48. The molecule has 5 nitrogen and oxygen atoms in total. The fourth-order valence-electron chi connectivity index (χ4n) is 1.98. The zero-order valence-corrected chi connectivity index (χ0v) is 14.3. The standard InChI is InChI=1S/C16H15N3O2S2/c1-11-3-6-13(7-4-11)18-16-19-14(10-22-16)12-5-8-15(17-9-12)23(2,20)21/h3-10H,1-2H3,(H,18,19). The molecular weight excluding hydrogens is 330 g/mol. The first-order valence-corrected chi connectivity index (χ1v) is 9.65. The predicted octanol–water partition coefficient (Wildman–Crippen LogP) is 3.66. The second kappa shape index (κ2) is 6.10. The van der Waals surface area contributed by atoms with Gasteiger partial charge in [-0.25, -0.2) is 18.4 Å². The van der Waals surface area contributed by atoms with Crippen LogP contribution in [-0.2, 0) is 9.84 Å². The van der Waals surface area contributed by atoms with Crippen LogP contribution in [0.2, 0.25) is 0 Å². The lowest BCUT2D eigenvalue weighted by molar-refractivity contribution is 0.598. The van der Waals surface area contributed by atoms with Crippen molar-refractivity contribution in [2.75, 3.05) is 11.6 Å². The minimum absolute atomic E-state index is 0.0643. The smallest absolute Gasteiger partial charge is 0.192 e. The number of hydrogen-bond acceptors (Lipinski definition) is 6. The lowest BCUT2D eigenvalue weighted by atomic mass is 10.2. The highest BCUT2D eigenvalue weighted by molar-refractivity contribution is 7.90. The van der Waals surface area contributed by atoms with Crippen LogP contribution in [0.3, 0.4) is 0 Å². The molecule has 23 heavy (non-hydrogen) atoms.